The van der Waals surface area contributed by atoms with Gasteiger partial charge in [0, 0.05) is 24.8 Å². The molecule has 1 fully saturated rings. The first-order valence-corrected chi connectivity index (χ1v) is 8.38. The van der Waals surface area contributed by atoms with Gasteiger partial charge in [0.1, 0.15) is 0 Å². The highest BCUT2D eigenvalue weighted by Gasteiger charge is 2.26. The van der Waals surface area contributed by atoms with E-state index in [1.165, 1.54) is 63.7 Å². The van der Waals surface area contributed by atoms with Crippen LogP contribution in [0, 0.1) is 5.92 Å². The minimum atomic E-state index is 0.761. The standard InChI is InChI=1S/C18H28N2/c1-19-17-10-6-9-15(17)12-14-20-13-5-4-8-16-7-2-3-11-18(16)20/h2-3,7,11,15,17,19H,4-6,8-10,12-14H2,1H3. The van der Waals surface area contributed by atoms with Gasteiger partial charge in [-0.15, -0.1) is 0 Å². The molecule has 110 valence electrons. The molecular formula is C18H28N2. The Labute approximate surface area is 123 Å². The molecule has 0 bridgehead atoms. The number of nitrogens with zero attached hydrogens (tertiary/aromatic N) is 1. The first kappa shape index (κ1) is 13.9. The Hall–Kier alpha value is -1.02. The third kappa shape index (κ3) is 3.01. The molecule has 1 saturated carbocycles. The molecule has 1 N–H and O–H groups in total. The highest BCUT2D eigenvalue weighted by molar-refractivity contribution is 5.54. The van der Waals surface area contributed by atoms with Gasteiger partial charge in [-0.3, -0.25) is 0 Å². The summed E-state index contributed by atoms with van der Waals surface area (Å²) in [7, 11) is 2.13. The van der Waals surface area contributed by atoms with E-state index >= 15 is 0 Å². The van der Waals surface area contributed by atoms with Crippen LogP contribution in [0.15, 0.2) is 24.3 Å². The van der Waals surface area contributed by atoms with Crippen molar-refractivity contribution in [2.24, 2.45) is 5.92 Å². The van der Waals surface area contributed by atoms with E-state index < -0.39 is 0 Å². The maximum absolute atomic E-state index is 3.51. The molecule has 1 aliphatic heterocycles. The largest absolute Gasteiger partial charge is 0.371 e. The highest BCUT2D eigenvalue weighted by Crippen LogP contribution is 2.31. The Kier molecular flexibility index (Phi) is 4.62. The summed E-state index contributed by atoms with van der Waals surface area (Å²) in [5.74, 6) is 0.885. The van der Waals surface area contributed by atoms with Crippen molar-refractivity contribution in [2.45, 2.75) is 51.0 Å². The van der Waals surface area contributed by atoms with Crippen molar-refractivity contribution in [2.75, 3.05) is 25.0 Å². The number of rotatable bonds is 4. The van der Waals surface area contributed by atoms with Crippen LogP contribution in [0.3, 0.4) is 0 Å². The zero-order valence-corrected chi connectivity index (χ0v) is 12.8. The second-order valence-corrected chi connectivity index (χ2v) is 6.45. The summed E-state index contributed by atoms with van der Waals surface area (Å²) < 4.78 is 0. The monoisotopic (exact) mass is 272 g/mol. The highest BCUT2D eigenvalue weighted by atomic mass is 15.1. The summed E-state index contributed by atoms with van der Waals surface area (Å²) in [5, 5.41) is 3.51. The lowest BCUT2D eigenvalue weighted by Crippen LogP contribution is -2.33. The van der Waals surface area contributed by atoms with Gasteiger partial charge in [0.15, 0.2) is 0 Å². The Balaban J connectivity index is 1.65. The summed E-state index contributed by atoms with van der Waals surface area (Å²) in [4.78, 5) is 2.65. The van der Waals surface area contributed by atoms with E-state index in [0.29, 0.717) is 0 Å². The van der Waals surface area contributed by atoms with Gasteiger partial charge in [0.05, 0.1) is 0 Å². The Morgan fingerprint density at radius 3 is 2.95 bits per heavy atom. The number of aryl methyl sites for hydroxylation is 1. The summed E-state index contributed by atoms with van der Waals surface area (Å²) in [5.41, 5.74) is 3.06. The van der Waals surface area contributed by atoms with Crippen molar-refractivity contribution in [3.05, 3.63) is 29.8 Å². The fourth-order valence-electron chi connectivity index (χ4n) is 4.09. The van der Waals surface area contributed by atoms with Gasteiger partial charge in [-0.05, 0) is 63.1 Å². The van der Waals surface area contributed by atoms with E-state index in [2.05, 4.69) is 41.5 Å². The zero-order valence-electron chi connectivity index (χ0n) is 12.8. The fourth-order valence-corrected chi connectivity index (χ4v) is 4.09. The van der Waals surface area contributed by atoms with E-state index in [-0.39, 0.29) is 0 Å². The maximum Gasteiger partial charge on any atom is 0.0398 e. The van der Waals surface area contributed by atoms with Crippen LogP contribution in [-0.2, 0) is 6.42 Å². The summed E-state index contributed by atoms with van der Waals surface area (Å²) >= 11 is 0. The molecule has 2 aliphatic rings. The van der Waals surface area contributed by atoms with Crippen molar-refractivity contribution < 1.29 is 0 Å². The Bertz CT molecular complexity index is 429. The minimum absolute atomic E-state index is 0.761. The molecule has 1 aromatic rings. The van der Waals surface area contributed by atoms with Crippen LogP contribution in [0.25, 0.3) is 0 Å². The van der Waals surface area contributed by atoms with Crippen LogP contribution < -0.4 is 10.2 Å². The molecule has 0 saturated heterocycles. The molecule has 0 spiro atoms. The Morgan fingerprint density at radius 2 is 2.05 bits per heavy atom. The third-order valence-corrected chi connectivity index (χ3v) is 5.26. The Morgan fingerprint density at radius 1 is 1.15 bits per heavy atom. The van der Waals surface area contributed by atoms with Gasteiger partial charge >= 0.3 is 0 Å². The fraction of sp³-hybridized carbons (Fsp3) is 0.667. The number of fused-ring (bicyclic) bond motifs is 1. The van der Waals surface area contributed by atoms with Crippen molar-refractivity contribution in [3.63, 3.8) is 0 Å². The van der Waals surface area contributed by atoms with Gasteiger partial charge in [0.25, 0.3) is 0 Å². The van der Waals surface area contributed by atoms with Gasteiger partial charge in [-0.1, -0.05) is 24.6 Å². The molecule has 1 heterocycles. The topological polar surface area (TPSA) is 15.3 Å². The molecule has 2 heteroatoms. The van der Waals surface area contributed by atoms with Gasteiger partial charge in [-0.2, -0.15) is 0 Å². The van der Waals surface area contributed by atoms with Crippen LogP contribution in [0.1, 0.15) is 44.1 Å². The number of nitrogens with one attached hydrogen (secondary N) is 1. The van der Waals surface area contributed by atoms with Crippen molar-refractivity contribution >= 4 is 5.69 Å². The smallest absolute Gasteiger partial charge is 0.0398 e. The lowest BCUT2D eigenvalue weighted by atomic mass is 9.99. The number of hydrogen-bond acceptors (Lipinski definition) is 2. The lowest BCUT2D eigenvalue weighted by Gasteiger charge is -2.28. The molecule has 3 rings (SSSR count). The average Bonchev–Trinajstić information content (AvgIpc) is 2.85. The molecular weight excluding hydrogens is 244 g/mol. The van der Waals surface area contributed by atoms with Crippen molar-refractivity contribution in [3.8, 4) is 0 Å². The molecule has 0 radical (unpaired) electrons. The second kappa shape index (κ2) is 6.62. The average molecular weight is 272 g/mol. The molecule has 1 aliphatic carbocycles. The molecule has 2 unspecified atom stereocenters. The SMILES string of the molecule is CNC1CCCC1CCN1CCCCc2ccccc21. The van der Waals surface area contributed by atoms with Gasteiger partial charge in [-0.25, -0.2) is 0 Å². The van der Waals surface area contributed by atoms with Crippen molar-refractivity contribution in [1.29, 1.82) is 0 Å². The van der Waals surface area contributed by atoms with E-state index in [9.17, 15) is 0 Å². The number of para-hydroxylation sites is 1. The first-order chi connectivity index (χ1) is 9.88. The second-order valence-electron chi connectivity index (χ2n) is 6.45. The van der Waals surface area contributed by atoms with Crippen LogP contribution in [-0.4, -0.2) is 26.2 Å². The number of benzene rings is 1. The van der Waals surface area contributed by atoms with Crippen LogP contribution >= 0.6 is 0 Å². The first-order valence-electron chi connectivity index (χ1n) is 8.38. The zero-order chi connectivity index (χ0) is 13.8. The minimum Gasteiger partial charge on any atom is -0.371 e. The number of anilines is 1. The van der Waals surface area contributed by atoms with E-state index in [1.807, 2.05) is 0 Å². The van der Waals surface area contributed by atoms with Crippen LogP contribution in [0.2, 0.25) is 0 Å². The summed E-state index contributed by atoms with van der Waals surface area (Å²) in [6, 6.07) is 9.79. The molecule has 1 aromatic carbocycles. The lowest BCUT2D eigenvalue weighted by molar-refractivity contribution is 0.400. The molecule has 0 amide bonds. The summed E-state index contributed by atoms with van der Waals surface area (Å²) in [6.45, 7) is 2.48. The normalized spacial score (nSPS) is 26.4. The van der Waals surface area contributed by atoms with E-state index in [1.54, 1.807) is 5.56 Å². The quantitative estimate of drug-likeness (QED) is 0.901. The molecule has 0 aromatic heterocycles. The third-order valence-electron chi connectivity index (χ3n) is 5.26. The number of hydrogen-bond donors (Lipinski definition) is 1. The molecule has 2 nitrogen and oxygen atoms in total. The molecule has 2 atom stereocenters. The predicted octanol–water partition coefficient (Wildman–Crippen LogP) is 3.61. The maximum atomic E-state index is 3.51. The summed E-state index contributed by atoms with van der Waals surface area (Å²) in [6.07, 6.45) is 9.49. The van der Waals surface area contributed by atoms with Crippen LogP contribution in [0.5, 0.6) is 0 Å². The molecule has 20 heavy (non-hydrogen) atoms. The predicted molar refractivity (Wildman–Crippen MR) is 86.4 cm³/mol. The van der Waals surface area contributed by atoms with Gasteiger partial charge < -0.3 is 10.2 Å². The van der Waals surface area contributed by atoms with E-state index in [0.717, 1.165) is 12.0 Å². The van der Waals surface area contributed by atoms with Crippen molar-refractivity contribution in [1.82, 2.24) is 5.32 Å². The van der Waals surface area contributed by atoms with E-state index in [4.69, 9.17) is 0 Å². The van der Waals surface area contributed by atoms with Crippen LogP contribution in [0.4, 0.5) is 5.69 Å². The van der Waals surface area contributed by atoms with Gasteiger partial charge in [0.2, 0.25) is 0 Å².